The van der Waals surface area contributed by atoms with E-state index in [1.54, 1.807) is 0 Å². The summed E-state index contributed by atoms with van der Waals surface area (Å²) in [6.07, 6.45) is -0.491. The minimum Gasteiger partial charge on any atom is -0.386 e. The first-order valence-electron chi connectivity index (χ1n) is 6.32. The van der Waals surface area contributed by atoms with Crippen LogP contribution in [0.5, 0.6) is 0 Å². The Hall–Kier alpha value is -1.64. The molecule has 2 nitrogen and oxygen atoms in total. The number of aliphatic hydroxyl groups excluding tert-OH is 1. The molecule has 0 spiro atoms. The number of aliphatic hydroxyl groups is 1. The number of benzene rings is 2. The normalized spacial score (nSPS) is 19.6. The van der Waals surface area contributed by atoms with Gasteiger partial charge in [0.2, 0.25) is 0 Å². The second-order valence-electron chi connectivity index (χ2n) is 4.86. The van der Waals surface area contributed by atoms with E-state index < -0.39 is 6.10 Å². The van der Waals surface area contributed by atoms with Crippen molar-refractivity contribution in [2.45, 2.75) is 25.6 Å². The van der Waals surface area contributed by atoms with E-state index in [4.69, 9.17) is 0 Å². The zero-order valence-electron chi connectivity index (χ0n) is 10.4. The van der Waals surface area contributed by atoms with Gasteiger partial charge >= 0.3 is 0 Å². The fourth-order valence-corrected chi connectivity index (χ4v) is 2.71. The molecular formula is C16H17NO. The van der Waals surface area contributed by atoms with Crippen molar-refractivity contribution in [2.75, 3.05) is 0 Å². The van der Waals surface area contributed by atoms with Gasteiger partial charge in [0.15, 0.2) is 0 Å². The zero-order chi connectivity index (χ0) is 12.5. The second kappa shape index (κ2) is 4.56. The molecule has 2 N–H and O–H groups in total. The molecule has 0 aromatic heterocycles. The fourth-order valence-electron chi connectivity index (χ4n) is 2.71. The molecule has 2 unspecified atom stereocenters. The van der Waals surface area contributed by atoms with Crippen molar-refractivity contribution >= 4 is 0 Å². The van der Waals surface area contributed by atoms with Crippen molar-refractivity contribution in [3.05, 3.63) is 70.8 Å². The second-order valence-corrected chi connectivity index (χ2v) is 4.86. The van der Waals surface area contributed by atoms with Gasteiger partial charge in [-0.05, 0) is 29.2 Å². The van der Waals surface area contributed by atoms with E-state index in [1.165, 1.54) is 11.1 Å². The molecule has 0 saturated carbocycles. The van der Waals surface area contributed by atoms with Crippen molar-refractivity contribution in [1.82, 2.24) is 5.32 Å². The van der Waals surface area contributed by atoms with E-state index in [2.05, 4.69) is 17.4 Å². The molecular weight excluding hydrogens is 222 g/mol. The van der Waals surface area contributed by atoms with Crippen LogP contribution in [0, 0.1) is 6.92 Å². The minimum atomic E-state index is -0.491. The molecule has 0 bridgehead atoms. The topological polar surface area (TPSA) is 32.3 Å². The van der Waals surface area contributed by atoms with Gasteiger partial charge in [-0.2, -0.15) is 0 Å². The number of nitrogens with one attached hydrogen (secondary N) is 1. The maximum atomic E-state index is 10.6. The Morgan fingerprint density at radius 1 is 1.11 bits per heavy atom. The highest BCUT2D eigenvalue weighted by Gasteiger charge is 2.29. The van der Waals surface area contributed by atoms with Crippen molar-refractivity contribution in [3.63, 3.8) is 0 Å². The molecule has 1 heterocycles. The summed E-state index contributed by atoms with van der Waals surface area (Å²) in [4.78, 5) is 0. The largest absolute Gasteiger partial charge is 0.386 e. The van der Waals surface area contributed by atoms with Gasteiger partial charge in [0.05, 0.1) is 12.1 Å². The lowest BCUT2D eigenvalue weighted by molar-refractivity contribution is 0.133. The first-order valence-corrected chi connectivity index (χ1v) is 6.32. The summed E-state index contributed by atoms with van der Waals surface area (Å²) in [6.45, 7) is 2.88. The van der Waals surface area contributed by atoms with E-state index in [1.807, 2.05) is 43.3 Å². The lowest BCUT2D eigenvalue weighted by atomic mass is 9.93. The Balaban J connectivity index is 1.96. The van der Waals surface area contributed by atoms with E-state index in [0.29, 0.717) is 0 Å². The first-order chi connectivity index (χ1) is 8.77. The van der Waals surface area contributed by atoms with Gasteiger partial charge in [0, 0.05) is 6.54 Å². The molecule has 0 amide bonds. The van der Waals surface area contributed by atoms with Crippen molar-refractivity contribution < 1.29 is 5.11 Å². The van der Waals surface area contributed by atoms with Crippen molar-refractivity contribution in [1.29, 1.82) is 0 Å². The van der Waals surface area contributed by atoms with Crippen molar-refractivity contribution in [2.24, 2.45) is 0 Å². The Morgan fingerprint density at radius 2 is 1.83 bits per heavy atom. The van der Waals surface area contributed by atoms with Gasteiger partial charge in [-0.25, -0.2) is 0 Å². The molecule has 1 aliphatic rings. The van der Waals surface area contributed by atoms with E-state index >= 15 is 0 Å². The molecule has 0 aliphatic carbocycles. The molecule has 2 aromatic rings. The quantitative estimate of drug-likeness (QED) is 0.844. The summed E-state index contributed by atoms with van der Waals surface area (Å²) in [7, 11) is 0. The molecule has 2 heteroatoms. The molecule has 2 atom stereocenters. The first kappa shape index (κ1) is 11.5. The van der Waals surface area contributed by atoms with Crippen LogP contribution in [0.2, 0.25) is 0 Å². The summed E-state index contributed by atoms with van der Waals surface area (Å²) in [5.74, 6) is 0. The van der Waals surface area contributed by atoms with Crippen LogP contribution >= 0.6 is 0 Å². The molecule has 3 rings (SSSR count). The Labute approximate surface area is 107 Å². The molecule has 0 radical (unpaired) electrons. The van der Waals surface area contributed by atoms with Crippen LogP contribution in [0.25, 0.3) is 0 Å². The summed E-state index contributed by atoms with van der Waals surface area (Å²) < 4.78 is 0. The Morgan fingerprint density at radius 3 is 2.67 bits per heavy atom. The predicted octanol–water partition coefficient (Wildman–Crippen LogP) is 2.87. The van der Waals surface area contributed by atoms with E-state index in [9.17, 15) is 5.11 Å². The highest BCUT2D eigenvalue weighted by Crippen LogP contribution is 2.35. The van der Waals surface area contributed by atoms with Gasteiger partial charge in [-0.15, -0.1) is 0 Å². The lowest BCUT2D eigenvalue weighted by Gasteiger charge is -2.21. The summed E-state index contributed by atoms with van der Waals surface area (Å²) in [5, 5.41) is 14.0. The molecule has 18 heavy (non-hydrogen) atoms. The van der Waals surface area contributed by atoms with Crippen LogP contribution in [0.4, 0.5) is 0 Å². The smallest absolute Gasteiger partial charge is 0.0987 e. The zero-order valence-corrected chi connectivity index (χ0v) is 10.4. The van der Waals surface area contributed by atoms with Gasteiger partial charge in [-0.1, -0.05) is 48.5 Å². The van der Waals surface area contributed by atoms with Gasteiger partial charge < -0.3 is 10.4 Å². The third-order valence-corrected chi connectivity index (χ3v) is 3.73. The van der Waals surface area contributed by atoms with Gasteiger partial charge in [0.25, 0.3) is 0 Å². The standard InChI is InChI=1S/C16H17NO/c1-11-6-2-4-8-13(11)16(18)15-14-9-5-3-7-12(14)10-17-15/h2-9,15-18H,10H2,1H3. The highest BCUT2D eigenvalue weighted by molar-refractivity contribution is 5.38. The molecule has 0 fully saturated rings. The number of hydrogen-bond donors (Lipinski definition) is 2. The van der Waals surface area contributed by atoms with Crippen LogP contribution in [-0.2, 0) is 6.54 Å². The number of fused-ring (bicyclic) bond motifs is 1. The third-order valence-electron chi connectivity index (χ3n) is 3.73. The molecule has 1 aliphatic heterocycles. The van der Waals surface area contributed by atoms with E-state index in [-0.39, 0.29) is 6.04 Å². The monoisotopic (exact) mass is 239 g/mol. The maximum absolute atomic E-state index is 10.6. The molecule has 0 saturated heterocycles. The van der Waals surface area contributed by atoms with Crippen LogP contribution in [0.1, 0.15) is 34.4 Å². The summed E-state index contributed by atoms with van der Waals surface area (Å²) in [6, 6.07) is 16.3. The SMILES string of the molecule is Cc1ccccc1C(O)C1NCc2ccccc21. The highest BCUT2D eigenvalue weighted by atomic mass is 16.3. The minimum absolute atomic E-state index is 0.00213. The average molecular weight is 239 g/mol. The fraction of sp³-hybridized carbons (Fsp3) is 0.250. The summed E-state index contributed by atoms with van der Waals surface area (Å²) in [5.41, 5.74) is 4.64. The molecule has 92 valence electrons. The number of rotatable bonds is 2. The Bertz CT molecular complexity index is 565. The van der Waals surface area contributed by atoms with Crippen LogP contribution in [0.15, 0.2) is 48.5 Å². The van der Waals surface area contributed by atoms with E-state index in [0.717, 1.165) is 17.7 Å². The lowest BCUT2D eigenvalue weighted by Crippen LogP contribution is -2.20. The molecule has 2 aromatic carbocycles. The van der Waals surface area contributed by atoms with Crippen molar-refractivity contribution in [3.8, 4) is 0 Å². The summed E-state index contributed by atoms with van der Waals surface area (Å²) >= 11 is 0. The van der Waals surface area contributed by atoms with Crippen LogP contribution in [-0.4, -0.2) is 5.11 Å². The number of aryl methyl sites for hydroxylation is 1. The van der Waals surface area contributed by atoms with Gasteiger partial charge in [0.1, 0.15) is 0 Å². The van der Waals surface area contributed by atoms with Gasteiger partial charge in [-0.3, -0.25) is 0 Å². The maximum Gasteiger partial charge on any atom is 0.0987 e. The predicted molar refractivity (Wildman–Crippen MR) is 72.2 cm³/mol. The number of hydrogen-bond acceptors (Lipinski definition) is 2. The Kier molecular flexibility index (Phi) is 2.90. The average Bonchev–Trinajstić information content (AvgIpc) is 2.82. The van der Waals surface area contributed by atoms with Crippen LogP contribution in [0.3, 0.4) is 0 Å². The third kappa shape index (κ3) is 1.84. The van der Waals surface area contributed by atoms with Crippen LogP contribution < -0.4 is 5.32 Å².